The van der Waals surface area contributed by atoms with E-state index >= 15 is 0 Å². The molecule has 0 spiro atoms. The lowest BCUT2D eigenvalue weighted by Crippen LogP contribution is -2.04. The second-order valence-corrected chi connectivity index (χ2v) is 7.04. The molecule has 1 aromatic carbocycles. The maximum atomic E-state index is 4.85. The van der Waals surface area contributed by atoms with Crippen molar-refractivity contribution in [3.8, 4) is 5.69 Å². The Kier molecular flexibility index (Phi) is 3.31. The average Bonchev–Trinajstić information content (AvgIpc) is 3.19. The van der Waals surface area contributed by atoms with E-state index in [1.165, 1.54) is 16.1 Å². The summed E-state index contributed by atoms with van der Waals surface area (Å²) in [6.07, 6.45) is 1.98. The van der Waals surface area contributed by atoms with Crippen molar-refractivity contribution >= 4 is 33.1 Å². The number of thiophene rings is 1. The van der Waals surface area contributed by atoms with Gasteiger partial charge in [0.15, 0.2) is 0 Å². The summed E-state index contributed by atoms with van der Waals surface area (Å²) in [4.78, 5) is 1.37. The summed E-state index contributed by atoms with van der Waals surface area (Å²) in [7, 11) is 0. The number of fused-ring (bicyclic) bond motifs is 1. The molecule has 0 saturated carbocycles. The number of benzene rings is 1. The Bertz CT molecular complexity index is 760. The Morgan fingerprint density at radius 1 is 1.24 bits per heavy atom. The van der Waals surface area contributed by atoms with Crippen LogP contribution in [0.5, 0.6) is 0 Å². The van der Waals surface area contributed by atoms with Crippen molar-refractivity contribution in [2.45, 2.75) is 12.8 Å². The predicted molar refractivity (Wildman–Crippen MR) is 90.6 cm³/mol. The lowest BCUT2D eigenvalue weighted by molar-refractivity contribution is 0.842. The third kappa shape index (κ3) is 2.40. The minimum Gasteiger partial charge on any atom is -0.369 e. The number of aromatic nitrogens is 2. The normalized spacial score (nSPS) is 13.2. The first-order valence-corrected chi connectivity index (χ1v) is 8.61. The van der Waals surface area contributed by atoms with Crippen LogP contribution in [0.15, 0.2) is 46.3 Å². The number of halogens is 1. The smallest absolute Gasteiger partial charge is 0.133 e. The zero-order chi connectivity index (χ0) is 14.2. The average molecular weight is 360 g/mol. The molecular weight excluding hydrogens is 346 g/mol. The van der Waals surface area contributed by atoms with Gasteiger partial charge in [-0.1, -0.05) is 22.0 Å². The minimum absolute atomic E-state index is 0.922. The molecular formula is C16H14BrN3S. The lowest BCUT2D eigenvalue weighted by atomic mass is 10.1. The summed E-state index contributed by atoms with van der Waals surface area (Å²) in [5, 5.41) is 10.5. The van der Waals surface area contributed by atoms with Crippen molar-refractivity contribution in [2.75, 3.05) is 11.9 Å². The molecule has 5 heteroatoms. The quantitative estimate of drug-likeness (QED) is 0.757. The fourth-order valence-corrected chi connectivity index (χ4v) is 3.71. The fraction of sp³-hybridized carbons (Fsp3) is 0.188. The molecule has 3 aromatic rings. The van der Waals surface area contributed by atoms with Crippen LogP contribution in [-0.4, -0.2) is 16.3 Å². The molecule has 1 N–H and O–H groups in total. The van der Waals surface area contributed by atoms with Crippen LogP contribution < -0.4 is 5.32 Å². The second kappa shape index (κ2) is 5.31. The van der Waals surface area contributed by atoms with Crippen LogP contribution in [0.1, 0.15) is 16.1 Å². The van der Waals surface area contributed by atoms with Gasteiger partial charge in [-0.25, -0.2) is 4.68 Å². The molecule has 1 aliphatic heterocycles. The van der Waals surface area contributed by atoms with Crippen LogP contribution in [0.25, 0.3) is 5.69 Å². The molecule has 0 unspecified atom stereocenters. The van der Waals surface area contributed by atoms with E-state index in [0.717, 1.165) is 35.4 Å². The first-order valence-electron chi connectivity index (χ1n) is 6.94. The number of anilines is 1. The van der Waals surface area contributed by atoms with Gasteiger partial charge in [-0.3, -0.25) is 0 Å². The van der Waals surface area contributed by atoms with E-state index in [0.29, 0.717) is 0 Å². The van der Waals surface area contributed by atoms with Crippen molar-refractivity contribution in [1.82, 2.24) is 9.78 Å². The topological polar surface area (TPSA) is 29.9 Å². The predicted octanol–water partition coefficient (Wildman–Crippen LogP) is 4.26. The largest absolute Gasteiger partial charge is 0.369 e. The van der Waals surface area contributed by atoms with E-state index in [1.807, 2.05) is 4.68 Å². The van der Waals surface area contributed by atoms with Crippen molar-refractivity contribution in [2.24, 2.45) is 0 Å². The molecule has 3 heterocycles. The number of rotatable bonds is 3. The van der Waals surface area contributed by atoms with Crippen LogP contribution in [-0.2, 0) is 12.8 Å². The van der Waals surface area contributed by atoms with Gasteiger partial charge in [0, 0.05) is 27.9 Å². The van der Waals surface area contributed by atoms with E-state index in [4.69, 9.17) is 5.10 Å². The molecule has 106 valence electrons. The summed E-state index contributed by atoms with van der Waals surface area (Å²) in [6, 6.07) is 12.6. The van der Waals surface area contributed by atoms with Gasteiger partial charge in [0.25, 0.3) is 0 Å². The molecule has 0 radical (unpaired) electrons. The molecule has 3 nitrogen and oxygen atoms in total. The Morgan fingerprint density at radius 2 is 2.10 bits per heavy atom. The molecule has 0 atom stereocenters. The van der Waals surface area contributed by atoms with E-state index < -0.39 is 0 Å². The first-order chi connectivity index (χ1) is 10.3. The van der Waals surface area contributed by atoms with E-state index in [1.54, 1.807) is 11.3 Å². The third-order valence-electron chi connectivity index (χ3n) is 3.73. The Hall–Kier alpha value is -1.59. The molecule has 21 heavy (non-hydrogen) atoms. The Labute approximate surface area is 135 Å². The maximum absolute atomic E-state index is 4.85. The van der Waals surface area contributed by atoms with Gasteiger partial charge in [0.1, 0.15) is 5.82 Å². The number of hydrogen-bond acceptors (Lipinski definition) is 3. The standard InChI is InChI=1S/C16H14BrN3S/c17-11-3-5-12(6-4-11)20-16-14(7-8-18-16)15(19-20)10-13-2-1-9-21-13/h1-6,9,18H,7-8,10H2. The summed E-state index contributed by atoms with van der Waals surface area (Å²) >= 11 is 5.28. The van der Waals surface area contributed by atoms with Gasteiger partial charge < -0.3 is 5.32 Å². The van der Waals surface area contributed by atoms with E-state index in [2.05, 4.69) is 63.0 Å². The molecule has 4 rings (SSSR count). The van der Waals surface area contributed by atoms with Crippen LogP contribution in [0, 0.1) is 0 Å². The number of nitrogens with zero attached hydrogens (tertiary/aromatic N) is 2. The molecule has 0 bridgehead atoms. The van der Waals surface area contributed by atoms with Gasteiger partial charge in [-0.2, -0.15) is 5.10 Å². The van der Waals surface area contributed by atoms with Crippen molar-refractivity contribution in [3.05, 3.63) is 62.4 Å². The highest BCUT2D eigenvalue weighted by atomic mass is 79.9. The van der Waals surface area contributed by atoms with Crippen LogP contribution in [0.4, 0.5) is 5.82 Å². The summed E-state index contributed by atoms with van der Waals surface area (Å²) < 4.78 is 3.12. The molecule has 0 fully saturated rings. The lowest BCUT2D eigenvalue weighted by Gasteiger charge is -2.06. The highest BCUT2D eigenvalue weighted by Crippen LogP contribution is 2.30. The van der Waals surface area contributed by atoms with Gasteiger partial charge in [0.2, 0.25) is 0 Å². The van der Waals surface area contributed by atoms with Crippen molar-refractivity contribution in [1.29, 1.82) is 0 Å². The van der Waals surface area contributed by atoms with Crippen LogP contribution in [0.2, 0.25) is 0 Å². The van der Waals surface area contributed by atoms with Gasteiger partial charge in [-0.05, 0) is 42.1 Å². The Morgan fingerprint density at radius 3 is 2.86 bits per heavy atom. The molecule has 0 saturated heterocycles. The summed E-state index contributed by atoms with van der Waals surface area (Å²) in [6.45, 7) is 1.00. The van der Waals surface area contributed by atoms with E-state index in [-0.39, 0.29) is 0 Å². The highest BCUT2D eigenvalue weighted by Gasteiger charge is 2.23. The molecule has 1 aliphatic rings. The number of nitrogens with one attached hydrogen (secondary N) is 1. The molecule has 0 amide bonds. The summed E-state index contributed by atoms with van der Waals surface area (Å²) in [5.74, 6) is 1.16. The van der Waals surface area contributed by atoms with Gasteiger partial charge >= 0.3 is 0 Å². The highest BCUT2D eigenvalue weighted by molar-refractivity contribution is 9.10. The SMILES string of the molecule is Brc1ccc(-n2nc(Cc3cccs3)c3c2NCC3)cc1. The van der Waals surface area contributed by atoms with Crippen molar-refractivity contribution < 1.29 is 0 Å². The van der Waals surface area contributed by atoms with E-state index in [9.17, 15) is 0 Å². The van der Waals surface area contributed by atoms with Crippen molar-refractivity contribution in [3.63, 3.8) is 0 Å². The first kappa shape index (κ1) is 13.1. The minimum atomic E-state index is 0.922. The van der Waals surface area contributed by atoms with Crippen LogP contribution in [0.3, 0.4) is 0 Å². The van der Waals surface area contributed by atoms with Crippen LogP contribution >= 0.6 is 27.3 Å². The van der Waals surface area contributed by atoms with Gasteiger partial charge in [-0.15, -0.1) is 11.3 Å². The fourth-order valence-electron chi connectivity index (χ4n) is 2.74. The zero-order valence-corrected chi connectivity index (χ0v) is 13.7. The maximum Gasteiger partial charge on any atom is 0.133 e. The number of hydrogen-bond donors (Lipinski definition) is 1. The Balaban J connectivity index is 1.76. The monoisotopic (exact) mass is 359 g/mol. The zero-order valence-electron chi connectivity index (χ0n) is 11.3. The second-order valence-electron chi connectivity index (χ2n) is 5.09. The molecule has 0 aliphatic carbocycles. The van der Waals surface area contributed by atoms with Gasteiger partial charge in [0.05, 0.1) is 11.4 Å². The third-order valence-corrected chi connectivity index (χ3v) is 5.13. The summed E-state index contributed by atoms with van der Waals surface area (Å²) in [5.41, 5.74) is 3.66. The molecule has 2 aromatic heterocycles.